The molecule has 2 aromatic rings. The molecular weight excluding hydrogens is 430 g/mol. The summed E-state index contributed by atoms with van der Waals surface area (Å²) < 4.78 is 16.3. The molecule has 1 saturated heterocycles. The smallest absolute Gasteiger partial charge is 0.241 e. The first-order chi connectivity index (χ1) is 16.3. The van der Waals surface area contributed by atoms with Crippen LogP contribution in [0.4, 0.5) is 5.69 Å². The molecule has 0 bridgehead atoms. The lowest BCUT2D eigenvalue weighted by molar-refractivity contribution is -0.121. The molecule has 0 saturated carbocycles. The molecule has 0 aromatic heterocycles. The SMILES string of the molecule is COc1ccc2c(c1)C(C)=CC(C)(C)N2C(=O)CN1CCN(Cc2ccc3c(c2)OCO3)CC1. The fraction of sp³-hybridized carbons (Fsp3) is 0.444. The molecule has 0 radical (unpaired) electrons. The van der Waals surface area contributed by atoms with Gasteiger partial charge in [0.2, 0.25) is 12.7 Å². The number of allylic oxidation sites excluding steroid dienone is 1. The number of carbonyl (C=O) groups is 1. The molecule has 0 spiro atoms. The number of nitrogens with zero attached hydrogens (tertiary/aromatic N) is 3. The average Bonchev–Trinajstić information content (AvgIpc) is 3.27. The fourth-order valence-corrected chi connectivity index (χ4v) is 5.26. The number of methoxy groups -OCH3 is 1. The first-order valence-electron chi connectivity index (χ1n) is 11.9. The van der Waals surface area contributed by atoms with Crippen LogP contribution in [0.15, 0.2) is 42.5 Å². The lowest BCUT2D eigenvalue weighted by atomic mass is 9.88. The Balaban J connectivity index is 1.22. The zero-order valence-corrected chi connectivity index (χ0v) is 20.5. The highest BCUT2D eigenvalue weighted by Crippen LogP contribution is 2.40. The zero-order chi connectivity index (χ0) is 23.9. The number of carbonyl (C=O) groups excluding carboxylic acids is 1. The number of anilines is 1. The Kier molecular flexibility index (Phi) is 6.00. The Morgan fingerprint density at radius 1 is 1.00 bits per heavy atom. The molecule has 34 heavy (non-hydrogen) atoms. The van der Waals surface area contributed by atoms with Crippen molar-refractivity contribution >= 4 is 17.2 Å². The third-order valence-corrected chi connectivity index (χ3v) is 6.93. The first kappa shape index (κ1) is 22.7. The van der Waals surface area contributed by atoms with Crippen molar-refractivity contribution in [1.29, 1.82) is 0 Å². The van der Waals surface area contributed by atoms with Gasteiger partial charge in [-0.25, -0.2) is 0 Å². The minimum atomic E-state index is -0.385. The number of ether oxygens (including phenoxy) is 3. The number of piperazine rings is 1. The van der Waals surface area contributed by atoms with Crippen LogP contribution in [-0.2, 0) is 11.3 Å². The van der Waals surface area contributed by atoms with Crippen LogP contribution in [0.3, 0.4) is 0 Å². The van der Waals surface area contributed by atoms with Gasteiger partial charge in [-0.2, -0.15) is 0 Å². The van der Waals surface area contributed by atoms with Crippen molar-refractivity contribution in [2.75, 3.05) is 51.5 Å². The lowest BCUT2D eigenvalue weighted by Gasteiger charge is -2.43. The molecule has 7 nitrogen and oxygen atoms in total. The molecule has 180 valence electrons. The summed E-state index contributed by atoms with van der Waals surface area (Å²) in [6.45, 7) is 11.5. The Hall–Kier alpha value is -3.03. The van der Waals surface area contributed by atoms with Gasteiger partial charge in [0.15, 0.2) is 11.5 Å². The van der Waals surface area contributed by atoms with E-state index < -0.39 is 0 Å². The van der Waals surface area contributed by atoms with Gasteiger partial charge in [-0.3, -0.25) is 14.6 Å². The highest BCUT2D eigenvalue weighted by molar-refractivity contribution is 6.01. The molecule has 0 N–H and O–H groups in total. The summed E-state index contributed by atoms with van der Waals surface area (Å²) in [6, 6.07) is 12.1. The van der Waals surface area contributed by atoms with E-state index in [4.69, 9.17) is 14.2 Å². The van der Waals surface area contributed by atoms with Crippen LogP contribution < -0.4 is 19.1 Å². The normalized spacial score (nSPS) is 19.5. The standard InChI is InChI=1S/C27H33N3O4/c1-19-15-27(2,3)30(23-7-6-21(32-4)14-22(19)23)26(31)17-29-11-9-28(10-12-29)16-20-5-8-24-25(13-20)34-18-33-24/h5-8,13-15H,9-12,16-18H2,1-4H3. The highest BCUT2D eigenvalue weighted by Gasteiger charge is 2.36. The maximum atomic E-state index is 13.6. The van der Waals surface area contributed by atoms with Crippen molar-refractivity contribution in [2.24, 2.45) is 0 Å². The Morgan fingerprint density at radius 3 is 2.50 bits per heavy atom. The van der Waals surface area contributed by atoms with E-state index in [-0.39, 0.29) is 11.4 Å². The second-order valence-corrected chi connectivity index (χ2v) is 9.83. The van der Waals surface area contributed by atoms with Gasteiger partial charge in [0.05, 0.1) is 24.9 Å². The second kappa shape index (κ2) is 8.96. The minimum absolute atomic E-state index is 0.129. The van der Waals surface area contributed by atoms with Crippen molar-refractivity contribution < 1.29 is 19.0 Å². The number of rotatable bonds is 5. The van der Waals surface area contributed by atoms with Crippen molar-refractivity contribution in [3.8, 4) is 17.2 Å². The second-order valence-electron chi connectivity index (χ2n) is 9.83. The maximum absolute atomic E-state index is 13.6. The first-order valence-corrected chi connectivity index (χ1v) is 11.9. The molecule has 1 fully saturated rings. The predicted octanol–water partition coefficient (Wildman–Crippen LogP) is 3.77. The van der Waals surface area contributed by atoms with Gasteiger partial charge >= 0.3 is 0 Å². The monoisotopic (exact) mass is 463 g/mol. The van der Waals surface area contributed by atoms with Crippen molar-refractivity contribution in [3.05, 3.63) is 53.6 Å². The van der Waals surface area contributed by atoms with Gasteiger partial charge in [-0.15, -0.1) is 0 Å². The van der Waals surface area contributed by atoms with E-state index in [0.29, 0.717) is 13.3 Å². The van der Waals surface area contributed by atoms with E-state index in [9.17, 15) is 4.79 Å². The molecular formula is C27H33N3O4. The molecule has 0 unspecified atom stereocenters. The van der Waals surface area contributed by atoms with Gasteiger partial charge in [-0.1, -0.05) is 12.1 Å². The fourth-order valence-electron chi connectivity index (χ4n) is 5.26. The van der Waals surface area contributed by atoms with E-state index in [1.807, 2.05) is 29.2 Å². The third kappa shape index (κ3) is 4.38. The van der Waals surface area contributed by atoms with Gasteiger partial charge in [0.1, 0.15) is 5.75 Å². The number of hydrogen-bond donors (Lipinski definition) is 0. The molecule has 0 atom stereocenters. The Morgan fingerprint density at radius 2 is 1.74 bits per heavy atom. The molecule has 1 amide bonds. The quantitative estimate of drug-likeness (QED) is 0.673. The Bertz CT molecular complexity index is 1120. The van der Waals surface area contributed by atoms with Gasteiger partial charge in [0.25, 0.3) is 0 Å². The molecule has 3 aliphatic heterocycles. The van der Waals surface area contributed by atoms with Crippen molar-refractivity contribution in [3.63, 3.8) is 0 Å². The summed E-state index contributed by atoms with van der Waals surface area (Å²) in [4.78, 5) is 20.2. The topological polar surface area (TPSA) is 54.5 Å². The summed E-state index contributed by atoms with van der Waals surface area (Å²) in [6.07, 6.45) is 2.18. The zero-order valence-electron chi connectivity index (χ0n) is 20.5. The summed E-state index contributed by atoms with van der Waals surface area (Å²) in [5, 5.41) is 0. The molecule has 0 aliphatic carbocycles. The minimum Gasteiger partial charge on any atom is -0.497 e. The van der Waals surface area contributed by atoms with E-state index in [0.717, 1.165) is 61.2 Å². The summed E-state index contributed by atoms with van der Waals surface area (Å²) in [5.74, 6) is 2.58. The number of amides is 1. The van der Waals surface area contributed by atoms with Crippen LogP contribution in [0.25, 0.3) is 5.57 Å². The van der Waals surface area contributed by atoms with Crippen LogP contribution in [0.1, 0.15) is 31.9 Å². The van der Waals surface area contributed by atoms with Crippen LogP contribution in [0, 0.1) is 0 Å². The maximum Gasteiger partial charge on any atom is 0.241 e. The summed E-state index contributed by atoms with van der Waals surface area (Å²) in [5.41, 5.74) is 4.01. The molecule has 3 heterocycles. The van der Waals surface area contributed by atoms with E-state index in [2.05, 4.69) is 48.8 Å². The van der Waals surface area contributed by atoms with E-state index >= 15 is 0 Å². The van der Waals surface area contributed by atoms with Crippen molar-refractivity contribution in [1.82, 2.24) is 9.80 Å². The van der Waals surface area contributed by atoms with Crippen LogP contribution in [-0.4, -0.2) is 67.9 Å². The van der Waals surface area contributed by atoms with Gasteiger partial charge < -0.3 is 19.1 Å². The number of benzene rings is 2. The third-order valence-electron chi connectivity index (χ3n) is 6.93. The molecule has 3 aliphatic rings. The van der Waals surface area contributed by atoms with Gasteiger partial charge in [0, 0.05) is 38.3 Å². The van der Waals surface area contributed by atoms with Crippen LogP contribution in [0.2, 0.25) is 0 Å². The number of fused-ring (bicyclic) bond motifs is 2. The van der Waals surface area contributed by atoms with Crippen LogP contribution in [0.5, 0.6) is 17.2 Å². The molecule has 2 aromatic carbocycles. The van der Waals surface area contributed by atoms with Crippen LogP contribution >= 0.6 is 0 Å². The largest absolute Gasteiger partial charge is 0.497 e. The van der Waals surface area contributed by atoms with E-state index in [1.54, 1.807) is 7.11 Å². The molecule has 5 rings (SSSR count). The average molecular weight is 464 g/mol. The summed E-state index contributed by atoms with van der Waals surface area (Å²) >= 11 is 0. The molecule has 7 heteroatoms. The predicted molar refractivity (Wildman–Crippen MR) is 132 cm³/mol. The lowest BCUT2D eigenvalue weighted by Crippen LogP contribution is -2.54. The van der Waals surface area contributed by atoms with Crippen molar-refractivity contribution in [2.45, 2.75) is 32.9 Å². The summed E-state index contributed by atoms with van der Waals surface area (Å²) in [7, 11) is 1.67. The highest BCUT2D eigenvalue weighted by atomic mass is 16.7. The van der Waals surface area contributed by atoms with E-state index in [1.165, 1.54) is 11.1 Å². The van der Waals surface area contributed by atoms with Gasteiger partial charge in [-0.05, 0) is 62.2 Å². The number of hydrogen-bond acceptors (Lipinski definition) is 6. The Labute approximate surface area is 201 Å².